The first-order chi connectivity index (χ1) is 28.6. The summed E-state index contributed by atoms with van der Waals surface area (Å²) in [7, 11) is 1.52. The Morgan fingerprint density at radius 1 is 0.729 bits per heavy atom. The van der Waals surface area contributed by atoms with Gasteiger partial charge in [0.2, 0.25) is 0 Å². The van der Waals surface area contributed by atoms with Gasteiger partial charge in [-0.3, -0.25) is 0 Å². The number of aromatic amines is 1. The summed E-state index contributed by atoms with van der Waals surface area (Å²) in [6.45, 7) is 18.2. The molecule has 0 radical (unpaired) electrons. The van der Waals surface area contributed by atoms with E-state index in [-0.39, 0.29) is 0 Å². The molecular weight excluding hydrogens is 735 g/mol. The van der Waals surface area contributed by atoms with Gasteiger partial charge in [-0.1, -0.05) is 36.4 Å². The number of rotatable bonds is 14. The Hall–Kier alpha value is -5.59. The van der Waals surface area contributed by atoms with Crippen molar-refractivity contribution in [2.75, 3.05) is 33.5 Å². The predicted octanol–water partition coefficient (Wildman–Crippen LogP) is 8.27. The Balaban J connectivity index is 1.30. The fraction of sp³-hybridized carbons (Fsp3) is 0.312. The summed E-state index contributed by atoms with van der Waals surface area (Å²) in [5.74, 6) is 0.914. The molecule has 1 aromatic carbocycles. The van der Waals surface area contributed by atoms with E-state index in [1.54, 1.807) is 12.2 Å². The van der Waals surface area contributed by atoms with Crippen molar-refractivity contribution in [2.45, 2.75) is 64.6 Å². The molecule has 6 aliphatic rings. The fourth-order valence-corrected chi connectivity index (χ4v) is 7.84. The quantitative estimate of drug-likeness (QED) is 0.114. The van der Waals surface area contributed by atoms with E-state index in [1.165, 1.54) is 0 Å². The van der Waals surface area contributed by atoms with Gasteiger partial charge in [-0.25, -0.2) is 15.0 Å². The van der Waals surface area contributed by atoms with E-state index in [1.807, 2.05) is 19.4 Å². The molecule has 7 heterocycles. The maximum Gasteiger partial charge on any atom is 0.494 e. The molecule has 1 saturated heterocycles. The van der Waals surface area contributed by atoms with Crippen molar-refractivity contribution >= 4 is 40.9 Å². The lowest BCUT2D eigenvalue weighted by molar-refractivity contribution is 0.00578. The molecular formula is C48H53BN6O4. The second-order valence-electron chi connectivity index (χ2n) is 16.2. The Bertz CT molecular complexity index is 2380. The van der Waals surface area contributed by atoms with Crippen LogP contribution in [0.1, 0.15) is 70.3 Å². The maximum absolute atomic E-state index is 6.51. The first-order valence-electron chi connectivity index (χ1n) is 20.5. The van der Waals surface area contributed by atoms with Gasteiger partial charge in [0.1, 0.15) is 5.82 Å². The smallest absolute Gasteiger partial charge is 0.399 e. The van der Waals surface area contributed by atoms with E-state index < -0.39 is 18.3 Å². The molecule has 302 valence electrons. The highest BCUT2D eigenvalue weighted by molar-refractivity contribution is 6.62. The van der Waals surface area contributed by atoms with Gasteiger partial charge in [0.25, 0.3) is 0 Å². The van der Waals surface area contributed by atoms with Crippen LogP contribution in [0.15, 0.2) is 160 Å². The zero-order valence-electron chi connectivity index (χ0n) is 34.8. The molecule has 0 aliphatic carbocycles. The van der Waals surface area contributed by atoms with Crippen LogP contribution in [0.4, 0.5) is 0 Å². The second-order valence-corrected chi connectivity index (χ2v) is 16.2. The minimum Gasteiger partial charge on any atom is -0.399 e. The predicted molar refractivity (Wildman–Crippen MR) is 240 cm³/mol. The molecule has 10 nitrogen and oxygen atoms in total. The van der Waals surface area contributed by atoms with Crippen LogP contribution in [0.2, 0.25) is 0 Å². The van der Waals surface area contributed by atoms with E-state index >= 15 is 0 Å². The van der Waals surface area contributed by atoms with Gasteiger partial charge in [0.15, 0.2) is 0 Å². The Morgan fingerprint density at radius 3 is 1.97 bits per heavy atom. The highest BCUT2D eigenvalue weighted by Gasteiger charge is 2.51. The summed E-state index contributed by atoms with van der Waals surface area (Å²) >= 11 is 0. The minimum absolute atomic E-state index is 0.466. The Morgan fingerprint density at radius 2 is 1.32 bits per heavy atom. The van der Waals surface area contributed by atoms with Crippen molar-refractivity contribution in [3.8, 4) is 0 Å². The molecule has 2 aromatic rings. The van der Waals surface area contributed by atoms with Gasteiger partial charge < -0.3 is 34.0 Å². The lowest BCUT2D eigenvalue weighted by atomic mass is 9.77. The van der Waals surface area contributed by atoms with Crippen molar-refractivity contribution in [3.05, 3.63) is 162 Å². The van der Waals surface area contributed by atoms with E-state index in [4.69, 9.17) is 33.8 Å². The monoisotopic (exact) mass is 788 g/mol. The standard InChI is InChI=1S/C48H53BN6O4/c1-8-27-56-29-11-15-34-36-17-21-40(51-36)44(32-13-10-14-33(31-32)49-58-47(3,4)48(5,6)59-49)41-22-18-37(52-41)35(16-12-30-57-28-9-2)39-20-24-43(54-39)45(42-23-19-38(34)53-42)46-50-25-26-55(46)7/h8-10,13-14,17-26,31,50-51H,1-2,11-12,15-16,27-30H2,3-7H3/b38-34?,39-35?,44-41?,46-45+. The van der Waals surface area contributed by atoms with Crippen LogP contribution in [0, 0.1) is 0 Å². The van der Waals surface area contributed by atoms with Gasteiger partial charge in [0, 0.05) is 60.8 Å². The van der Waals surface area contributed by atoms with Crippen LogP contribution in [0.3, 0.4) is 0 Å². The molecule has 0 unspecified atom stereocenters. The average molecular weight is 789 g/mol. The number of hydrogen-bond donors (Lipinski definition) is 2. The molecule has 1 fully saturated rings. The zero-order valence-corrected chi connectivity index (χ0v) is 34.8. The number of aromatic nitrogens is 1. The van der Waals surface area contributed by atoms with Gasteiger partial charge in [-0.15, -0.1) is 13.2 Å². The number of H-pyrrole nitrogens is 1. The minimum atomic E-state index is -0.509. The van der Waals surface area contributed by atoms with Crippen LogP contribution < -0.4 is 10.8 Å². The van der Waals surface area contributed by atoms with Crippen molar-refractivity contribution in [3.63, 3.8) is 0 Å². The van der Waals surface area contributed by atoms with E-state index in [0.717, 1.165) is 110 Å². The molecule has 2 N–H and O–H groups in total. The number of nitrogens with zero attached hydrogens (tertiary/aromatic N) is 4. The van der Waals surface area contributed by atoms with E-state index in [2.05, 4.69) is 129 Å². The third-order valence-corrected chi connectivity index (χ3v) is 11.6. The topological polar surface area (TPSA) is 105 Å². The average Bonchev–Trinajstić information content (AvgIpc) is 4.08. The van der Waals surface area contributed by atoms with Crippen LogP contribution in [0.5, 0.6) is 0 Å². The first kappa shape index (κ1) is 40.2. The van der Waals surface area contributed by atoms with Gasteiger partial charge in [-0.2, -0.15) is 0 Å². The number of benzene rings is 1. The number of allylic oxidation sites excluding steroid dienone is 9. The third kappa shape index (κ3) is 8.21. The molecule has 0 spiro atoms. The summed E-state index contributed by atoms with van der Waals surface area (Å²) in [4.78, 5) is 22.0. The summed E-state index contributed by atoms with van der Waals surface area (Å²) in [6.07, 6.45) is 23.2. The maximum atomic E-state index is 6.51. The molecule has 6 aliphatic heterocycles. The highest BCUT2D eigenvalue weighted by atomic mass is 16.7. The molecule has 0 saturated carbocycles. The van der Waals surface area contributed by atoms with Crippen LogP contribution >= 0.6 is 0 Å². The third-order valence-electron chi connectivity index (χ3n) is 11.6. The fourth-order valence-electron chi connectivity index (χ4n) is 7.84. The molecule has 1 aromatic heterocycles. The largest absolute Gasteiger partial charge is 0.494 e. The SMILES string of the molecule is C=CCOCCCC1=C2C=CC(=N2)/C(=C2\NC=CN2C)C2=NC(=C(CCCOCC=C)c3ccc([nH]3)C(c3cccc(B4OC(C)(C)C(C)(C)O4)c3)=C3C=CC1=N3)C=C2. The lowest BCUT2D eigenvalue weighted by Gasteiger charge is -2.32. The summed E-state index contributed by atoms with van der Waals surface area (Å²) in [6, 6.07) is 12.8. The number of aliphatic imine (C=N–C) groups is 3. The van der Waals surface area contributed by atoms with Crippen LogP contribution in [-0.2, 0) is 18.8 Å². The molecule has 59 heavy (non-hydrogen) atoms. The normalized spacial score (nSPS) is 21.3. The van der Waals surface area contributed by atoms with Gasteiger partial charge in [-0.05, 0) is 113 Å². The zero-order chi connectivity index (χ0) is 41.1. The van der Waals surface area contributed by atoms with Crippen LogP contribution in [-0.4, -0.2) is 78.8 Å². The molecule has 11 heteroatoms. The summed E-state index contributed by atoms with van der Waals surface area (Å²) in [5.41, 5.74) is 12.1. The number of fused-ring (bicyclic) bond motifs is 5. The molecule has 8 bridgehead atoms. The summed E-state index contributed by atoms with van der Waals surface area (Å²) in [5, 5.41) is 3.45. The number of hydrogen-bond acceptors (Lipinski definition) is 9. The van der Waals surface area contributed by atoms with Gasteiger partial charge in [0.05, 0.1) is 64.2 Å². The van der Waals surface area contributed by atoms with Crippen LogP contribution in [0.25, 0.3) is 11.1 Å². The molecule has 0 amide bonds. The number of ether oxygens (including phenoxy) is 2. The lowest BCUT2D eigenvalue weighted by Crippen LogP contribution is -2.41. The molecule has 0 atom stereocenters. The van der Waals surface area contributed by atoms with Crippen molar-refractivity contribution in [1.82, 2.24) is 15.2 Å². The van der Waals surface area contributed by atoms with Gasteiger partial charge >= 0.3 is 7.12 Å². The van der Waals surface area contributed by atoms with Crippen molar-refractivity contribution in [2.24, 2.45) is 15.0 Å². The van der Waals surface area contributed by atoms with Crippen molar-refractivity contribution < 1.29 is 18.8 Å². The first-order valence-corrected chi connectivity index (χ1v) is 20.5. The van der Waals surface area contributed by atoms with E-state index in [9.17, 15) is 0 Å². The van der Waals surface area contributed by atoms with Crippen molar-refractivity contribution in [1.29, 1.82) is 0 Å². The second kappa shape index (κ2) is 16.9. The Kier molecular flexibility index (Phi) is 11.6. The summed E-state index contributed by atoms with van der Waals surface area (Å²) < 4.78 is 24.7. The van der Waals surface area contributed by atoms with E-state index in [0.29, 0.717) is 26.4 Å². The molecule has 8 rings (SSSR count). The highest BCUT2D eigenvalue weighted by Crippen LogP contribution is 2.39. The Labute approximate surface area is 348 Å². The number of nitrogens with one attached hydrogen (secondary N) is 2.